The number of rotatable bonds is 5. The van der Waals surface area contributed by atoms with E-state index in [-0.39, 0.29) is 12.5 Å². The lowest BCUT2D eigenvalue weighted by Crippen LogP contribution is -2.42. The van der Waals surface area contributed by atoms with E-state index in [0.29, 0.717) is 29.7 Å². The molecule has 0 radical (unpaired) electrons. The summed E-state index contributed by atoms with van der Waals surface area (Å²) >= 11 is 1.12. The van der Waals surface area contributed by atoms with E-state index < -0.39 is 0 Å². The fraction of sp³-hybridized carbons (Fsp3) is 0.727. The number of nitrogens with zero attached hydrogens (tertiary/aromatic N) is 3. The van der Waals surface area contributed by atoms with Gasteiger partial charge in [-0.2, -0.15) is 0 Å². The van der Waals surface area contributed by atoms with E-state index in [4.69, 9.17) is 5.11 Å². The Kier molecular flexibility index (Phi) is 4.62. The number of aliphatic hydroxyl groups is 1. The highest BCUT2D eigenvalue weighted by molar-refractivity contribution is 7.07. The Labute approximate surface area is 110 Å². The molecule has 1 fully saturated rings. The number of aryl methyl sites for hydroxylation is 1. The van der Waals surface area contributed by atoms with Gasteiger partial charge in [0.15, 0.2) is 0 Å². The summed E-state index contributed by atoms with van der Waals surface area (Å²) in [6.07, 6.45) is 2.22. The lowest BCUT2D eigenvalue weighted by Gasteiger charge is -2.24. The van der Waals surface area contributed by atoms with E-state index in [0.717, 1.165) is 30.9 Å². The SMILES string of the molecule is Cc1nnsc1C(=O)N(CCO)CC1CCCN1. The zero-order valence-corrected chi connectivity index (χ0v) is 11.2. The molecule has 1 unspecified atom stereocenters. The number of aromatic nitrogens is 2. The molecule has 100 valence electrons. The summed E-state index contributed by atoms with van der Waals surface area (Å²) in [5.74, 6) is -0.0785. The van der Waals surface area contributed by atoms with Gasteiger partial charge in [-0.25, -0.2) is 0 Å². The zero-order chi connectivity index (χ0) is 13.0. The number of hydrogen-bond donors (Lipinski definition) is 2. The highest BCUT2D eigenvalue weighted by atomic mass is 32.1. The topological polar surface area (TPSA) is 78.4 Å². The smallest absolute Gasteiger partial charge is 0.267 e. The Hall–Kier alpha value is -1.05. The molecule has 18 heavy (non-hydrogen) atoms. The normalized spacial score (nSPS) is 19.1. The predicted octanol–water partition coefficient (Wildman–Crippen LogP) is 0.0330. The number of amides is 1. The van der Waals surface area contributed by atoms with Crippen molar-refractivity contribution in [1.29, 1.82) is 0 Å². The average molecular weight is 270 g/mol. The molecule has 1 amide bonds. The van der Waals surface area contributed by atoms with Crippen LogP contribution in [0.25, 0.3) is 0 Å². The van der Waals surface area contributed by atoms with Crippen molar-refractivity contribution >= 4 is 17.4 Å². The fourth-order valence-corrected chi connectivity index (χ4v) is 2.77. The molecule has 1 aromatic rings. The van der Waals surface area contributed by atoms with Crippen LogP contribution in [-0.2, 0) is 0 Å². The van der Waals surface area contributed by atoms with Gasteiger partial charge in [-0.15, -0.1) is 5.10 Å². The summed E-state index contributed by atoms with van der Waals surface area (Å²) in [6, 6.07) is 0.335. The summed E-state index contributed by atoms with van der Waals surface area (Å²) in [6.45, 7) is 3.75. The van der Waals surface area contributed by atoms with Crippen LogP contribution in [0, 0.1) is 6.92 Å². The van der Waals surface area contributed by atoms with Gasteiger partial charge >= 0.3 is 0 Å². The van der Waals surface area contributed by atoms with Gasteiger partial charge in [-0.3, -0.25) is 4.79 Å². The van der Waals surface area contributed by atoms with Crippen LogP contribution >= 0.6 is 11.5 Å². The third-order valence-electron chi connectivity index (χ3n) is 3.11. The van der Waals surface area contributed by atoms with Crippen LogP contribution in [0.15, 0.2) is 0 Å². The largest absolute Gasteiger partial charge is 0.395 e. The summed E-state index contributed by atoms with van der Waals surface area (Å²) in [4.78, 5) is 14.6. The van der Waals surface area contributed by atoms with Crippen LogP contribution in [-0.4, -0.2) is 57.8 Å². The molecule has 1 atom stereocenters. The van der Waals surface area contributed by atoms with E-state index in [2.05, 4.69) is 14.9 Å². The first-order valence-electron chi connectivity index (χ1n) is 6.15. The number of hydrogen-bond acceptors (Lipinski definition) is 6. The average Bonchev–Trinajstić information content (AvgIpc) is 2.99. The Balaban J connectivity index is 2.04. The Morgan fingerprint density at radius 3 is 3.06 bits per heavy atom. The lowest BCUT2D eigenvalue weighted by atomic mass is 10.2. The van der Waals surface area contributed by atoms with E-state index in [9.17, 15) is 4.79 Å². The van der Waals surface area contributed by atoms with Crippen molar-refractivity contribution in [3.05, 3.63) is 10.6 Å². The molecule has 0 aliphatic carbocycles. The molecular weight excluding hydrogens is 252 g/mol. The zero-order valence-electron chi connectivity index (χ0n) is 10.4. The molecule has 0 bridgehead atoms. The number of carbonyl (C=O) groups is 1. The Morgan fingerprint density at radius 1 is 1.67 bits per heavy atom. The minimum absolute atomic E-state index is 0.0241. The van der Waals surface area contributed by atoms with Gasteiger partial charge in [0.05, 0.1) is 12.3 Å². The standard InChI is InChI=1S/C11H18N4O2S/c1-8-10(18-14-13-8)11(17)15(5-6-16)7-9-3-2-4-12-9/h9,12,16H,2-7H2,1H3. The second kappa shape index (κ2) is 6.21. The van der Waals surface area contributed by atoms with Gasteiger partial charge in [0.2, 0.25) is 0 Å². The maximum atomic E-state index is 12.3. The van der Waals surface area contributed by atoms with E-state index >= 15 is 0 Å². The van der Waals surface area contributed by atoms with Crippen LogP contribution in [0.4, 0.5) is 0 Å². The van der Waals surface area contributed by atoms with Crippen LogP contribution in [0.1, 0.15) is 28.2 Å². The van der Waals surface area contributed by atoms with Crippen LogP contribution in [0.3, 0.4) is 0 Å². The Bertz CT molecular complexity index is 404. The Morgan fingerprint density at radius 2 is 2.50 bits per heavy atom. The second-order valence-electron chi connectivity index (χ2n) is 4.46. The monoisotopic (exact) mass is 270 g/mol. The summed E-state index contributed by atoms with van der Waals surface area (Å²) in [7, 11) is 0. The molecule has 1 aliphatic heterocycles. The highest BCUT2D eigenvalue weighted by Crippen LogP contribution is 2.14. The van der Waals surface area contributed by atoms with E-state index in [1.54, 1.807) is 11.8 Å². The highest BCUT2D eigenvalue weighted by Gasteiger charge is 2.24. The number of aliphatic hydroxyl groups excluding tert-OH is 1. The molecule has 0 aromatic carbocycles. The summed E-state index contributed by atoms with van der Waals surface area (Å²) in [5, 5.41) is 16.3. The molecule has 0 spiro atoms. The van der Waals surface area contributed by atoms with Gasteiger partial charge in [-0.05, 0) is 37.8 Å². The first kappa shape index (κ1) is 13.4. The van der Waals surface area contributed by atoms with E-state index in [1.165, 1.54) is 0 Å². The van der Waals surface area contributed by atoms with Crippen molar-refractivity contribution < 1.29 is 9.90 Å². The molecule has 2 N–H and O–H groups in total. The molecule has 6 nitrogen and oxygen atoms in total. The minimum atomic E-state index is -0.0785. The fourth-order valence-electron chi connectivity index (χ4n) is 2.15. The predicted molar refractivity (Wildman–Crippen MR) is 68.7 cm³/mol. The number of carbonyl (C=O) groups excluding carboxylic acids is 1. The maximum Gasteiger partial charge on any atom is 0.267 e. The minimum Gasteiger partial charge on any atom is -0.395 e. The van der Waals surface area contributed by atoms with Crippen molar-refractivity contribution in [2.75, 3.05) is 26.2 Å². The third kappa shape index (κ3) is 3.04. The van der Waals surface area contributed by atoms with Gasteiger partial charge in [0.1, 0.15) is 4.88 Å². The van der Waals surface area contributed by atoms with Gasteiger partial charge < -0.3 is 15.3 Å². The first-order chi connectivity index (χ1) is 8.72. The summed E-state index contributed by atoms with van der Waals surface area (Å²) < 4.78 is 3.78. The third-order valence-corrected chi connectivity index (χ3v) is 3.92. The molecule has 2 heterocycles. The van der Waals surface area contributed by atoms with Crippen molar-refractivity contribution in [3.63, 3.8) is 0 Å². The summed E-state index contributed by atoms with van der Waals surface area (Å²) in [5.41, 5.74) is 0.660. The van der Waals surface area contributed by atoms with Crippen molar-refractivity contribution in [1.82, 2.24) is 19.8 Å². The maximum absolute atomic E-state index is 12.3. The molecule has 1 aromatic heterocycles. The quantitative estimate of drug-likeness (QED) is 0.789. The van der Waals surface area contributed by atoms with Crippen molar-refractivity contribution in [2.24, 2.45) is 0 Å². The van der Waals surface area contributed by atoms with Gasteiger partial charge in [0.25, 0.3) is 5.91 Å². The molecular formula is C11H18N4O2S. The number of nitrogens with one attached hydrogen (secondary N) is 1. The molecule has 2 rings (SSSR count). The van der Waals surface area contributed by atoms with E-state index in [1.807, 2.05) is 0 Å². The molecule has 0 saturated carbocycles. The van der Waals surface area contributed by atoms with Crippen LogP contribution in [0.5, 0.6) is 0 Å². The lowest BCUT2D eigenvalue weighted by molar-refractivity contribution is 0.0710. The molecule has 1 aliphatic rings. The van der Waals surface area contributed by atoms with Crippen molar-refractivity contribution in [2.45, 2.75) is 25.8 Å². The molecule has 1 saturated heterocycles. The van der Waals surface area contributed by atoms with Crippen molar-refractivity contribution in [3.8, 4) is 0 Å². The van der Waals surface area contributed by atoms with Gasteiger partial charge in [0, 0.05) is 19.1 Å². The second-order valence-corrected chi connectivity index (χ2v) is 5.21. The van der Waals surface area contributed by atoms with Gasteiger partial charge in [-0.1, -0.05) is 4.49 Å². The molecule has 7 heteroatoms. The van der Waals surface area contributed by atoms with Crippen LogP contribution < -0.4 is 5.32 Å². The first-order valence-corrected chi connectivity index (χ1v) is 6.92. The van der Waals surface area contributed by atoms with Crippen LogP contribution in [0.2, 0.25) is 0 Å².